The van der Waals surface area contributed by atoms with Gasteiger partial charge in [-0.25, -0.2) is 0 Å². The molecule has 0 bridgehead atoms. The van der Waals surface area contributed by atoms with E-state index in [9.17, 15) is 9.59 Å². The van der Waals surface area contributed by atoms with Gasteiger partial charge in [-0.3, -0.25) is 9.59 Å². The van der Waals surface area contributed by atoms with E-state index in [1.54, 1.807) is 0 Å². The second kappa shape index (κ2) is 10.3. The number of anilines is 2. The monoisotopic (exact) mass is 400 g/mol. The van der Waals surface area contributed by atoms with E-state index in [1.807, 2.05) is 12.1 Å². The topological polar surface area (TPSA) is 67.9 Å². The second-order valence-corrected chi connectivity index (χ2v) is 7.64. The highest BCUT2D eigenvalue weighted by atomic mass is 16.5. The number of benzene rings is 1. The summed E-state index contributed by atoms with van der Waals surface area (Å²) in [4.78, 5) is 25.8. The van der Waals surface area contributed by atoms with Crippen LogP contribution in [0.25, 0.3) is 0 Å². The van der Waals surface area contributed by atoms with Crippen molar-refractivity contribution in [3.8, 4) is 11.5 Å². The number of rotatable bonds is 11. The summed E-state index contributed by atoms with van der Waals surface area (Å²) in [7, 11) is 0. The largest absolute Gasteiger partial charge is 0.493 e. The normalized spacial score (nSPS) is 14.2. The molecular formula is C23H32N2O4. The summed E-state index contributed by atoms with van der Waals surface area (Å²) in [6.07, 6.45) is 6.37. The fourth-order valence-electron chi connectivity index (χ4n) is 3.69. The van der Waals surface area contributed by atoms with Crippen LogP contribution in [0.15, 0.2) is 27.8 Å². The first kappa shape index (κ1) is 21.2. The molecule has 29 heavy (non-hydrogen) atoms. The lowest BCUT2D eigenvalue weighted by molar-refractivity contribution is 0.303. The molecule has 0 aliphatic carbocycles. The maximum absolute atomic E-state index is 11.7. The number of nitrogens with zero attached hydrogens (tertiary/aromatic N) is 1. The molecule has 158 valence electrons. The van der Waals surface area contributed by atoms with E-state index < -0.39 is 10.9 Å². The van der Waals surface area contributed by atoms with E-state index in [-0.39, 0.29) is 5.75 Å². The molecule has 0 unspecified atom stereocenters. The third-order valence-corrected chi connectivity index (χ3v) is 5.44. The first-order valence-electron chi connectivity index (χ1n) is 10.8. The maximum atomic E-state index is 11.7. The molecule has 1 aliphatic rings. The average Bonchev–Trinajstić information content (AvgIpc) is 2.75. The summed E-state index contributed by atoms with van der Waals surface area (Å²) in [6, 6.07) is 6.22. The Morgan fingerprint density at radius 1 is 1.00 bits per heavy atom. The highest BCUT2D eigenvalue weighted by molar-refractivity contribution is 5.62. The van der Waals surface area contributed by atoms with Crippen molar-refractivity contribution < 1.29 is 9.47 Å². The molecule has 6 heteroatoms. The van der Waals surface area contributed by atoms with Gasteiger partial charge in [-0.15, -0.1) is 0 Å². The number of nitrogens with one attached hydrogen (secondary N) is 1. The molecule has 1 N–H and O–H groups in total. The maximum Gasteiger partial charge on any atom is 0.272 e. The molecule has 2 aromatic carbocycles. The number of piperidine rings is 1. The fraction of sp³-hybridized carbons (Fsp3) is 0.565. The summed E-state index contributed by atoms with van der Waals surface area (Å²) in [5.41, 5.74) is 1.75. The Balaban J connectivity index is 1.46. The standard InChI is InChI=1S/C23H32N2O4/c1-3-4-15-29-23-20(21(26)22(23)27)24-12-9-16-28-19-11-8-10-18(17(19)2)25-13-6-5-7-14-25/h8,10-11,24H,3-7,9,12-16H2,1-2H3. The van der Waals surface area contributed by atoms with Crippen molar-refractivity contribution in [2.24, 2.45) is 0 Å². The van der Waals surface area contributed by atoms with Crippen LogP contribution in [-0.2, 0) is 0 Å². The van der Waals surface area contributed by atoms with Crippen molar-refractivity contribution in [3.05, 3.63) is 44.2 Å². The Morgan fingerprint density at radius 3 is 2.52 bits per heavy atom. The van der Waals surface area contributed by atoms with Crippen LogP contribution in [0.4, 0.5) is 11.4 Å². The Labute approximate surface area is 172 Å². The Bertz CT molecular complexity index is 864. The highest BCUT2D eigenvalue weighted by Crippen LogP contribution is 2.30. The first-order chi connectivity index (χ1) is 14.1. The van der Waals surface area contributed by atoms with Gasteiger partial charge in [0.25, 0.3) is 10.9 Å². The van der Waals surface area contributed by atoms with Crippen LogP contribution in [0.2, 0.25) is 0 Å². The zero-order valence-corrected chi connectivity index (χ0v) is 17.6. The highest BCUT2D eigenvalue weighted by Gasteiger charge is 2.22. The Kier molecular flexibility index (Phi) is 7.55. The van der Waals surface area contributed by atoms with E-state index in [4.69, 9.17) is 9.47 Å². The molecule has 3 rings (SSSR count). The minimum Gasteiger partial charge on any atom is -0.493 e. The zero-order valence-electron chi connectivity index (χ0n) is 17.6. The van der Waals surface area contributed by atoms with Crippen LogP contribution < -0.4 is 30.5 Å². The van der Waals surface area contributed by atoms with E-state index >= 15 is 0 Å². The summed E-state index contributed by atoms with van der Waals surface area (Å²) < 4.78 is 11.4. The number of hydrogen-bond donors (Lipinski definition) is 1. The van der Waals surface area contributed by atoms with Gasteiger partial charge in [-0.05, 0) is 51.2 Å². The van der Waals surface area contributed by atoms with Crippen molar-refractivity contribution in [2.45, 2.75) is 52.4 Å². The Hall–Kier alpha value is -2.50. The van der Waals surface area contributed by atoms with Gasteiger partial charge in [0.15, 0.2) is 5.75 Å². The number of ether oxygens (including phenoxy) is 2. The minimum atomic E-state index is -0.523. The Morgan fingerprint density at radius 2 is 1.76 bits per heavy atom. The molecule has 0 radical (unpaired) electrons. The second-order valence-electron chi connectivity index (χ2n) is 7.64. The molecule has 1 heterocycles. The minimum absolute atomic E-state index is 0.189. The van der Waals surface area contributed by atoms with Crippen LogP contribution in [-0.4, -0.2) is 32.8 Å². The summed E-state index contributed by atoms with van der Waals surface area (Å²) in [5.74, 6) is 1.10. The fourth-order valence-corrected chi connectivity index (χ4v) is 3.69. The summed E-state index contributed by atoms with van der Waals surface area (Å²) >= 11 is 0. The van der Waals surface area contributed by atoms with Gasteiger partial charge >= 0.3 is 0 Å². The predicted octanol–water partition coefficient (Wildman–Crippen LogP) is 3.64. The molecule has 0 aromatic heterocycles. The smallest absolute Gasteiger partial charge is 0.272 e. The van der Waals surface area contributed by atoms with Crippen LogP contribution in [0.5, 0.6) is 11.5 Å². The molecule has 1 fully saturated rings. The van der Waals surface area contributed by atoms with Crippen molar-refractivity contribution in [1.82, 2.24) is 0 Å². The third kappa shape index (κ3) is 5.11. The van der Waals surface area contributed by atoms with Crippen molar-refractivity contribution in [2.75, 3.05) is 43.1 Å². The third-order valence-electron chi connectivity index (χ3n) is 5.44. The summed E-state index contributed by atoms with van der Waals surface area (Å²) in [6.45, 7) is 7.94. The van der Waals surface area contributed by atoms with Crippen LogP contribution in [0, 0.1) is 6.92 Å². The zero-order chi connectivity index (χ0) is 20.6. The first-order valence-corrected chi connectivity index (χ1v) is 10.8. The van der Waals surface area contributed by atoms with Gasteiger partial charge < -0.3 is 19.7 Å². The molecule has 1 saturated heterocycles. The lowest BCUT2D eigenvalue weighted by atomic mass is 10.1. The van der Waals surface area contributed by atoms with Gasteiger partial charge in [-0.1, -0.05) is 19.4 Å². The van der Waals surface area contributed by atoms with Crippen molar-refractivity contribution in [3.63, 3.8) is 0 Å². The van der Waals surface area contributed by atoms with Crippen molar-refractivity contribution in [1.29, 1.82) is 0 Å². The lowest BCUT2D eigenvalue weighted by Gasteiger charge is -2.30. The molecule has 1 aliphatic heterocycles. The van der Waals surface area contributed by atoms with Gasteiger partial charge in [0.1, 0.15) is 11.4 Å². The van der Waals surface area contributed by atoms with Crippen molar-refractivity contribution >= 4 is 11.4 Å². The van der Waals surface area contributed by atoms with E-state index in [1.165, 1.54) is 30.5 Å². The predicted molar refractivity (Wildman–Crippen MR) is 118 cm³/mol. The lowest BCUT2D eigenvalue weighted by Crippen LogP contribution is -2.36. The van der Waals surface area contributed by atoms with E-state index in [0.717, 1.165) is 38.1 Å². The van der Waals surface area contributed by atoms with Gasteiger partial charge in [0.05, 0.1) is 13.2 Å². The molecule has 0 atom stereocenters. The molecule has 6 nitrogen and oxygen atoms in total. The molecule has 0 saturated carbocycles. The molecule has 0 spiro atoms. The summed E-state index contributed by atoms with van der Waals surface area (Å²) in [5, 5.41) is 3.04. The average molecular weight is 401 g/mol. The number of unbranched alkanes of at least 4 members (excludes halogenated alkanes) is 1. The molecular weight excluding hydrogens is 368 g/mol. The van der Waals surface area contributed by atoms with Crippen LogP contribution in [0.1, 0.15) is 51.0 Å². The van der Waals surface area contributed by atoms with E-state index in [0.29, 0.717) is 25.4 Å². The SMILES string of the molecule is CCCCOc1c(NCCCOc2cccc(N3CCCCC3)c2C)c(=O)c1=O. The van der Waals surface area contributed by atoms with E-state index in [2.05, 4.69) is 30.1 Å². The van der Waals surface area contributed by atoms with Gasteiger partial charge in [0.2, 0.25) is 0 Å². The number of hydrogen-bond acceptors (Lipinski definition) is 6. The molecule has 0 amide bonds. The van der Waals surface area contributed by atoms with Crippen LogP contribution in [0.3, 0.4) is 0 Å². The quantitative estimate of drug-likeness (QED) is 0.459. The molecule has 2 aromatic rings. The van der Waals surface area contributed by atoms with Crippen LogP contribution >= 0.6 is 0 Å². The van der Waals surface area contributed by atoms with Gasteiger partial charge in [-0.2, -0.15) is 0 Å². The van der Waals surface area contributed by atoms with Gasteiger partial charge in [0, 0.05) is 30.9 Å².